The second kappa shape index (κ2) is 8.06. The van der Waals surface area contributed by atoms with Crippen molar-refractivity contribution in [2.45, 2.75) is 0 Å². The molecule has 2 aromatic carbocycles. The summed E-state index contributed by atoms with van der Waals surface area (Å²) in [6.45, 7) is -0.567. The standard InChI is InChI=1S/C15H11ClFN3O5/c16-10-7-9(20(23)24)5-6-13(10)25-8-14(21)19-15(22)18-12-4-2-1-3-11(12)17/h1-7H,8H2,(H2,18,19,21,22). The summed E-state index contributed by atoms with van der Waals surface area (Å²) < 4.78 is 18.5. The number of nitrogens with zero attached hydrogens (tertiary/aromatic N) is 1. The molecule has 2 N–H and O–H groups in total. The normalized spacial score (nSPS) is 10.0. The van der Waals surface area contributed by atoms with Crippen LogP contribution in [-0.2, 0) is 4.79 Å². The number of nitro groups is 1. The second-order valence-electron chi connectivity index (χ2n) is 4.64. The molecule has 0 bridgehead atoms. The molecule has 0 heterocycles. The highest BCUT2D eigenvalue weighted by molar-refractivity contribution is 6.32. The highest BCUT2D eigenvalue weighted by atomic mass is 35.5. The third-order valence-corrected chi connectivity index (χ3v) is 3.16. The van der Waals surface area contributed by atoms with Gasteiger partial charge in [0.2, 0.25) is 0 Å². The Labute approximate surface area is 145 Å². The van der Waals surface area contributed by atoms with Gasteiger partial charge in [-0.05, 0) is 18.2 Å². The van der Waals surface area contributed by atoms with E-state index in [2.05, 4.69) is 5.32 Å². The van der Waals surface area contributed by atoms with E-state index in [1.54, 1.807) is 0 Å². The first-order valence-corrected chi connectivity index (χ1v) is 7.16. The van der Waals surface area contributed by atoms with Gasteiger partial charge in [0.1, 0.15) is 11.6 Å². The first kappa shape index (κ1) is 18.1. The summed E-state index contributed by atoms with van der Waals surface area (Å²) in [5.74, 6) is -1.43. The SMILES string of the molecule is O=C(COc1ccc([N+](=O)[O-])cc1Cl)NC(=O)Nc1ccccc1F. The van der Waals surface area contributed by atoms with Crippen LogP contribution in [0.4, 0.5) is 20.6 Å². The van der Waals surface area contributed by atoms with Gasteiger partial charge in [0.05, 0.1) is 15.6 Å². The molecule has 10 heteroatoms. The molecule has 0 aliphatic heterocycles. The van der Waals surface area contributed by atoms with Crippen molar-refractivity contribution in [1.29, 1.82) is 0 Å². The second-order valence-corrected chi connectivity index (χ2v) is 5.05. The Kier molecular flexibility index (Phi) is 5.85. The predicted octanol–water partition coefficient (Wildman–Crippen LogP) is 3.11. The van der Waals surface area contributed by atoms with E-state index >= 15 is 0 Å². The number of rotatable bonds is 5. The van der Waals surface area contributed by atoms with Gasteiger partial charge in [-0.1, -0.05) is 23.7 Å². The maximum absolute atomic E-state index is 13.4. The molecule has 0 spiro atoms. The monoisotopic (exact) mass is 367 g/mol. The van der Waals surface area contributed by atoms with Gasteiger partial charge >= 0.3 is 6.03 Å². The van der Waals surface area contributed by atoms with Crippen molar-refractivity contribution in [3.8, 4) is 5.75 Å². The molecule has 0 radical (unpaired) electrons. The number of nitrogens with one attached hydrogen (secondary N) is 2. The van der Waals surface area contributed by atoms with E-state index in [1.165, 1.54) is 24.3 Å². The average molecular weight is 368 g/mol. The van der Waals surface area contributed by atoms with Gasteiger partial charge in [-0.15, -0.1) is 0 Å². The van der Waals surface area contributed by atoms with Crippen LogP contribution >= 0.6 is 11.6 Å². The van der Waals surface area contributed by atoms with E-state index in [0.29, 0.717) is 0 Å². The van der Waals surface area contributed by atoms with E-state index in [9.17, 15) is 24.1 Å². The Balaban J connectivity index is 1.87. The first-order chi connectivity index (χ1) is 11.9. The summed E-state index contributed by atoms with van der Waals surface area (Å²) in [4.78, 5) is 33.2. The van der Waals surface area contributed by atoms with Crippen molar-refractivity contribution >= 4 is 34.9 Å². The zero-order valence-corrected chi connectivity index (χ0v) is 13.2. The molecule has 0 fully saturated rings. The molecule has 2 rings (SSSR count). The van der Waals surface area contributed by atoms with Crippen molar-refractivity contribution in [3.05, 3.63) is 63.4 Å². The number of carbonyl (C=O) groups excluding carboxylic acids is 2. The van der Waals surface area contributed by atoms with Gasteiger partial charge in [0.15, 0.2) is 6.61 Å². The van der Waals surface area contributed by atoms with Crippen LogP contribution < -0.4 is 15.4 Å². The van der Waals surface area contributed by atoms with Crippen LogP contribution in [0.15, 0.2) is 42.5 Å². The van der Waals surface area contributed by atoms with E-state index in [-0.39, 0.29) is 22.1 Å². The molecule has 3 amide bonds. The zero-order valence-electron chi connectivity index (χ0n) is 12.5. The van der Waals surface area contributed by atoms with Gasteiger partial charge in [-0.2, -0.15) is 0 Å². The van der Waals surface area contributed by atoms with Gasteiger partial charge in [0.25, 0.3) is 11.6 Å². The van der Waals surface area contributed by atoms with E-state index in [1.807, 2.05) is 5.32 Å². The molecule has 8 nitrogen and oxygen atoms in total. The zero-order chi connectivity index (χ0) is 18.4. The number of urea groups is 1. The molecular weight excluding hydrogens is 357 g/mol. The largest absolute Gasteiger partial charge is 0.482 e. The quantitative estimate of drug-likeness (QED) is 0.623. The highest BCUT2D eigenvalue weighted by Crippen LogP contribution is 2.28. The molecule has 0 atom stereocenters. The summed E-state index contributed by atoms with van der Waals surface area (Å²) in [7, 11) is 0. The van der Waals surface area contributed by atoms with Crippen LogP contribution in [0.3, 0.4) is 0 Å². The highest BCUT2D eigenvalue weighted by Gasteiger charge is 2.13. The van der Waals surface area contributed by atoms with Crippen molar-refractivity contribution in [2.24, 2.45) is 0 Å². The van der Waals surface area contributed by atoms with Gasteiger partial charge in [-0.3, -0.25) is 20.2 Å². The molecule has 0 aliphatic rings. The fourth-order valence-corrected chi connectivity index (χ4v) is 1.97. The lowest BCUT2D eigenvalue weighted by atomic mass is 10.3. The molecular formula is C15H11ClFN3O5. The summed E-state index contributed by atoms with van der Waals surface area (Å²) in [6.07, 6.45) is 0. The van der Waals surface area contributed by atoms with Crippen molar-refractivity contribution in [3.63, 3.8) is 0 Å². The number of hydrogen-bond acceptors (Lipinski definition) is 5. The third-order valence-electron chi connectivity index (χ3n) is 2.86. The van der Waals surface area contributed by atoms with Crippen LogP contribution in [-0.4, -0.2) is 23.5 Å². The lowest BCUT2D eigenvalue weighted by molar-refractivity contribution is -0.384. The third kappa shape index (κ3) is 5.15. The van der Waals surface area contributed by atoms with Crippen LogP contribution in [0, 0.1) is 15.9 Å². The minimum Gasteiger partial charge on any atom is -0.482 e. The molecule has 0 aromatic heterocycles. The summed E-state index contributed by atoms with van der Waals surface area (Å²) in [5, 5.41) is 14.7. The number of anilines is 1. The summed E-state index contributed by atoms with van der Waals surface area (Å²) >= 11 is 5.81. The number of amides is 3. The summed E-state index contributed by atoms with van der Waals surface area (Å²) in [5.41, 5.74) is -0.321. The number of nitro benzene ring substituents is 1. The Morgan fingerprint density at radius 2 is 1.96 bits per heavy atom. The Morgan fingerprint density at radius 1 is 1.24 bits per heavy atom. The van der Waals surface area contributed by atoms with Gasteiger partial charge in [0, 0.05) is 12.1 Å². The molecule has 0 unspecified atom stereocenters. The number of ether oxygens (including phenoxy) is 1. The lowest BCUT2D eigenvalue weighted by Gasteiger charge is -2.09. The van der Waals surface area contributed by atoms with Crippen molar-refractivity contribution in [1.82, 2.24) is 5.32 Å². The smallest absolute Gasteiger partial charge is 0.326 e. The van der Waals surface area contributed by atoms with E-state index < -0.39 is 29.3 Å². The number of non-ortho nitro benzene ring substituents is 1. The Hall–Kier alpha value is -3.20. The van der Waals surface area contributed by atoms with Crippen LogP contribution in [0.25, 0.3) is 0 Å². The number of carbonyl (C=O) groups is 2. The summed E-state index contributed by atoms with van der Waals surface area (Å²) in [6, 6.07) is 7.96. The molecule has 130 valence electrons. The van der Waals surface area contributed by atoms with Crippen molar-refractivity contribution in [2.75, 3.05) is 11.9 Å². The molecule has 0 saturated carbocycles. The fraction of sp³-hybridized carbons (Fsp3) is 0.0667. The Morgan fingerprint density at radius 3 is 2.60 bits per heavy atom. The minimum atomic E-state index is -0.937. The van der Waals surface area contributed by atoms with E-state index in [0.717, 1.165) is 18.2 Å². The minimum absolute atomic E-state index is 0.0388. The average Bonchev–Trinajstić information content (AvgIpc) is 2.55. The predicted molar refractivity (Wildman–Crippen MR) is 87.2 cm³/mol. The molecule has 25 heavy (non-hydrogen) atoms. The van der Waals surface area contributed by atoms with Crippen LogP contribution in [0.2, 0.25) is 5.02 Å². The topological polar surface area (TPSA) is 111 Å². The number of benzene rings is 2. The number of imide groups is 1. The maximum Gasteiger partial charge on any atom is 0.326 e. The van der Waals surface area contributed by atoms with Crippen molar-refractivity contribution < 1.29 is 23.6 Å². The molecule has 0 aliphatic carbocycles. The Bertz CT molecular complexity index is 831. The fourth-order valence-electron chi connectivity index (χ4n) is 1.74. The first-order valence-electron chi connectivity index (χ1n) is 6.79. The maximum atomic E-state index is 13.4. The van der Waals surface area contributed by atoms with Crippen LogP contribution in [0.1, 0.15) is 0 Å². The van der Waals surface area contributed by atoms with Gasteiger partial charge < -0.3 is 10.1 Å². The number of para-hydroxylation sites is 1. The van der Waals surface area contributed by atoms with Gasteiger partial charge in [-0.25, -0.2) is 9.18 Å². The van der Waals surface area contributed by atoms with Crippen LogP contribution in [0.5, 0.6) is 5.75 Å². The number of hydrogen-bond donors (Lipinski definition) is 2. The molecule has 2 aromatic rings. The number of halogens is 2. The van der Waals surface area contributed by atoms with E-state index in [4.69, 9.17) is 16.3 Å². The lowest BCUT2D eigenvalue weighted by Crippen LogP contribution is -2.37. The molecule has 0 saturated heterocycles.